The monoisotopic (exact) mass is 333 g/mol. The van der Waals surface area contributed by atoms with Crippen LogP contribution in [0.25, 0.3) is 0 Å². The average molecular weight is 333 g/mol. The minimum atomic E-state index is -3.82. The smallest absolute Gasteiger partial charge is 0.338 e. The van der Waals surface area contributed by atoms with Crippen molar-refractivity contribution in [2.24, 2.45) is 0 Å². The van der Waals surface area contributed by atoms with Gasteiger partial charge in [-0.05, 0) is 18.9 Å². The number of hydrogen-bond acceptors (Lipinski definition) is 5. The van der Waals surface area contributed by atoms with E-state index in [1.807, 2.05) is 0 Å². The van der Waals surface area contributed by atoms with Gasteiger partial charge in [0.1, 0.15) is 16.3 Å². The molecule has 0 aliphatic heterocycles. The maximum atomic E-state index is 13.8. The van der Waals surface area contributed by atoms with Crippen LogP contribution in [0.5, 0.6) is 5.75 Å². The number of hydrogen-bond donors (Lipinski definition) is 2. The Labute approximate surface area is 127 Å². The number of sulfonamides is 1. The molecule has 0 bridgehead atoms. The van der Waals surface area contributed by atoms with Crippen LogP contribution in [0.2, 0.25) is 0 Å². The van der Waals surface area contributed by atoms with Crippen LogP contribution in [-0.4, -0.2) is 45.1 Å². The van der Waals surface area contributed by atoms with Crippen molar-refractivity contribution >= 4 is 21.7 Å². The third-order valence-corrected chi connectivity index (χ3v) is 5.70. The summed E-state index contributed by atoms with van der Waals surface area (Å²) in [6.45, 7) is 0.0281. The van der Waals surface area contributed by atoms with E-state index in [-0.39, 0.29) is 18.0 Å². The Morgan fingerprint density at radius 1 is 1.41 bits per heavy atom. The number of carboxylic acids is 1. The first kappa shape index (κ1) is 16.5. The maximum absolute atomic E-state index is 13.8. The Bertz CT molecular complexity index is 699. The standard InChI is InChI=1S/C13H16FNO6S/c1-20-7-13(3-4-13)22(18,19)15-10-6-9(14)8(12(16)17)5-11(10)21-2/h5-6,15H,3-4,7H2,1-2H3,(H,16,17). The van der Waals surface area contributed by atoms with Gasteiger partial charge < -0.3 is 14.6 Å². The Morgan fingerprint density at radius 3 is 2.50 bits per heavy atom. The van der Waals surface area contributed by atoms with Gasteiger partial charge in [0.25, 0.3) is 0 Å². The van der Waals surface area contributed by atoms with Gasteiger partial charge in [-0.2, -0.15) is 0 Å². The van der Waals surface area contributed by atoms with Gasteiger partial charge in [0.05, 0.1) is 25.0 Å². The number of benzene rings is 1. The predicted molar refractivity (Wildman–Crippen MR) is 76.3 cm³/mol. The average Bonchev–Trinajstić information content (AvgIpc) is 3.20. The molecule has 122 valence electrons. The van der Waals surface area contributed by atoms with E-state index in [1.165, 1.54) is 14.2 Å². The minimum Gasteiger partial charge on any atom is -0.495 e. The van der Waals surface area contributed by atoms with Gasteiger partial charge in [0.2, 0.25) is 10.0 Å². The molecule has 0 amide bonds. The highest BCUT2D eigenvalue weighted by atomic mass is 32.2. The minimum absolute atomic E-state index is 0.0281. The lowest BCUT2D eigenvalue weighted by molar-refractivity contribution is 0.0691. The predicted octanol–water partition coefficient (Wildman–Crippen LogP) is 1.45. The SMILES string of the molecule is COCC1(S(=O)(=O)Nc2cc(F)c(C(=O)O)cc2OC)CC1. The van der Waals surface area contributed by atoms with Gasteiger partial charge in [-0.1, -0.05) is 0 Å². The number of carbonyl (C=O) groups is 1. The molecule has 1 aliphatic carbocycles. The van der Waals surface area contributed by atoms with Crippen LogP contribution in [0.15, 0.2) is 12.1 Å². The fourth-order valence-corrected chi connectivity index (χ4v) is 3.69. The summed E-state index contributed by atoms with van der Waals surface area (Å²) in [7, 11) is -1.18. The highest BCUT2D eigenvalue weighted by Crippen LogP contribution is 2.45. The first-order valence-corrected chi connectivity index (χ1v) is 7.87. The molecule has 0 spiro atoms. The van der Waals surface area contributed by atoms with Gasteiger partial charge in [-0.3, -0.25) is 4.72 Å². The zero-order valence-corrected chi connectivity index (χ0v) is 12.9. The molecular formula is C13H16FNO6S. The topological polar surface area (TPSA) is 102 Å². The fraction of sp³-hybridized carbons (Fsp3) is 0.462. The number of anilines is 1. The summed E-state index contributed by atoms with van der Waals surface area (Å²) in [6.07, 6.45) is 0.877. The molecule has 1 aliphatic rings. The van der Waals surface area contributed by atoms with Crippen molar-refractivity contribution in [3.63, 3.8) is 0 Å². The number of ether oxygens (including phenoxy) is 2. The van der Waals surface area contributed by atoms with Gasteiger partial charge in [0.15, 0.2) is 0 Å². The summed E-state index contributed by atoms with van der Waals surface area (Å²) >= 11 is 0. The summed E-state index contributed by atoms with van der Waals surface area (Å²) in [4.78, 5) is 10.9. The number of aromatic carboxylic acids is 1. The van der Waals surface area contributed by atoms with Crippen molar-refractivity contribution in [1.82, 2.24) is 0 Å². The number of carboxylic acid groups (broad SMARTS) is 1. The Hall–Kier alpha value is -1.87. The van der Waals surface area contributed by atoms with Crippen LogP contribution in [-0.2, 0) is 14.8 Å². The second-order valence-corrected chi connectivity index (χ2v) is 7.14. The summed E-state index contributed by atoms with van der Waals surface area (Å²) < 4.78 is 49.6. The Balaban J connectivity index is 2.38. The van der Waals surface area contributed by atoms with E-state index in [9.17, 15) is 17.6 Å². The third-order valence-electron chi connectivity index (χ3n) is 3.55. The van der Waals surface area contributed by atoms with Crippen molar-refractivity contribution < 1.29 is 32.2 Å². The second-order valence-electron chi connectivity index (χ2n) is 5.06. The molecule has 1 fully saturated rings. The Morgan fingerprint density at radius 2 is 2.05 bits per heavy atom. The van der Waals surface area contributed by atoms with Gasteiger partial charge >= 0.3 is 5.97 Å². The summed E-state index contributed by atoms with van der Waals surface area (Å²) in [5, 5.41) is 8.87. The lowest BCUT2D eigenvalue weighted by Crippen LogP contribution is -2.33. The quantitative estimate of drug-likeness (QED) is 0.783. The van der Waals surface area contributed by atoms with Crippen molar-refractivity contribution in [3.05, 3.63) is 23.5 Å². The van der Waals surface area contributed by atoms with Crippen molar-refractivity contribution in [3.8, 4) is 5.75 Å². The van der Waals surface area contributed by atoms with E-state index in [2.05, 4.69) is 4.72 Å². The van der Waals surface area contributed by atoms with Gasteiger partial charge in [0, 0.05) is 13.2 Å². The molecular weight excluding hydrogens is 317 g/mol. The van der Waals surface area contributed by atoms with Crippen molar-refractivity contribution in [2.75, 3.05) is 25.5 Å². The van der Waals surface area contributed by atoms with E-state index in [0.717, 1.165) is 12.1 Å². The van der Waals surface area contributed by atoms with E-state index in [0.29, 0.717) is 12.8 Å². The lowest BCUT2D eigenvalue weighted by atomic mass is 10.2. The molecule has 1 saturated carbocycles. The molecule has 0 heterocycles. The van der Waals surface area contributed by atoms with Crippen LogP contribution in [0.4, 0.5) is 10.1 Å². The van der Waals surface area contributed by atoms with Crippen molar-refractivity contribution in [2.45, 2.75) is 17.6 Å². The van der Waals surface area contributed by atoms with Crippen LogP contribution in [0, 0.1) is 5.82 Å². The molecule has 1 aromatic carbocycles. The molecule has 0 saturated heterocycles. The molecule has 2 rings (SSSR count). The molecule has 0 atom stereocenters. The van der Waals surface area contributed by atoms with Gasteiger partial charge in [-0.25, -0.2) is 17.6 Å². The summed E-state index contributed by atoms with van der Waals surface area (Å²) in [5.74, 6) is -2.60. The van der Waals surface area contributed by atoms with Crippen LogP contribution in [0.1, 0.15) is 23.2 Å². The zero-order valence-electron chi connectivity index (χ0n) is 12.1. The molecule has 7 nitrogen and oxygen atoms in total. The number of methoxy groups -OCH3 is 2. The summed E-state index contributed by atoms with van der Waals surface area (Å²) in [5.41, 5.74) is -0.745. The van der Waals surface area contributed by atoms with Crippen LogP contribution in [0.3, 0.4) is 0 Å². The fourth-order valence-electron chi connectivity index (χ4n) is 2.11. The largest absolute Gasteiger partial charge is 0.495 e. The van der Waals surface area contributed by atoms with Crippen LogP contribution < -0.4 is 9.46 Å². The van der Waals surface area contributed by atoms with E-state index < -0.39 is 32.1 Å². The second kappa shape index (κ2) is 5.73. The molecule has 0 aromatic heterocycles. The first-order chi connectivity index (χ1) is 10.3. The van der Waals surface area contributed by atoms with E-state index in [4.69, 9.17) is 14.6 Å². The highest BCUT2D eigenvalue weighted by molar-refractivity contribution is 7.94. The first-order valence-electron chi connectivity index (χ1n) is 6.38. The Kier molecular flexibility index (Phi) is 4.30. The molecule has 22 heavy (non-hydrogen) atoms. The van der Waals surface area contributed by atoms with Crippen molar-refractivity contribution in [1.29, 1.82) is 0 Å². The lowest BCUT2D eigenvalue weighted by Gasteiger charge is -2.18. The molecule has 9 heteroatoms. The zero-order chi connectivity index (χ0) is 16.5. The molecule has 1 aromatic rings. The number of rotatable bonds is 7. The normalized spacial score (nSPS) is 16.1. The number of halogens is 1. The maximum Gasteiger partial charge on any atom is 0.338 e. The van der Waals surface area contributed by atoms with Crippen LogP contribution >= 0.6 is 0 Å². The molecule has 2 N–H and O–H groups in total. The number of nitrogens with one attached hydrogen (secondary N) is 1. The third kappa shape index (κ3) is 2.86. The molecule has 0 radical (unpaired) electrons. The van der Waals surface area contributed by atoms with Gasteiger partial charge in [-0.15, -0.1) is 0 Å². The summed E-state index contributed by atoms with van der Waals surface area (Å²) in [6, 6.07) is 1.73. The van der Waals surface area contributed by atoms with E-state index in [1.54, 1.807) is 0 Å². The van der Waals surface area contributed by atoms with E-state index >= 15 is 0 Å². The highest BCUT2D eigenvalue weighted by Gasteiger charge is 2.55. The molecule has 0 unspecified atom stereocenters.